The lowest BCUT2D eigenvalue weighted by Gasteiger charge is -2.25. The Bertz CT molecular complexity index is 836. The van der Waals surface area contributed by atoms with E-state index in [1.54, 1.807) is 63.2 Å². The van der Waals surface area contributed by atoms with E-state index in [0.29, 0.717) is 11.1 Å². The molecule has 142 valence electrons. The first kappa shape index (κ1) is 20.3. The normalized spacial score (nSPS) is 13.5. The monoisotopic (exact) mass is 369 g/mol. The Hall–Kier alpha value is -2.99. The van der Waals surface area contributed by atoms with Gasteiger partial charge in [-0.1, -0.05) is 42.5 Å². The molecule has 0 radical (unpaired) electrons. The fraction of sp³-hybridized carbons (Fsp3) is 0.286. The first-order valence-electron chi connectivity index (χ1n) is 8.49. The Labute approximate surface area is 158 Å². The minimum Gasteiger partial charge on any atom is -0.481 e. The number of carbonyl (C=O) groups is 3. The van der Waals surface area contributed by atoms with Crippen LogP contribution >= 0.6 is 0 Å². The number of benzene rings is 2. The third kappa shape index (κ3) is 5.24. The van der Waals surface area contributed by atoms with Crippen LogP contribution in [0.25, 0.3) is 11.1 Å². The average molecular weight is 369 g/mol. The molecule has 2 aromatic carbocycles. The molecule has 0 aliphatic heterocycles. The Morgan fingerprint density at radius 1 is 1.07 bits per heavy atom. The van der Waals surface area contributed by atoms with Crippen LogP contribution in [-0.4, -0.2) is 28.9 Å². The third-order valence-corrected chi connectivity index (χ3v) is 3.94. The maximum absolute atomic E-state index is 12.3. The standard InChI is InChI=1S/C21H23NO5/c1-21(2,3)27-20(26)17(19(24)25)18(22)15-9-7-14(8-10-15)16-6-4-5-13(11-16)12-23/h4-12,17-18H,22H2,1-3H3,(H,24,25). The first-order valence-corrected chi connectivity index (χ1v) is 8.49. The molecule has 3 N–H and O–H groups in total. The molecular formula is C21H23NO5. The van der Waals surface area contributed by atoms with Crippen LogP contribution < -0.4 is 5.73 Å². The lowest BCUT2D eigenvalue weighted by molar-refractivity contribution is -0.167. The van der Waals surface area contributed by atoms with E-state index in [9.17, 15) is 19.5 Å². The van der Waals surface area contributed by atoms with Crippen molar-refractivity contribution in [3.8, 4) is 11.1 Å². The van der Waals surface area contributed by atoms with E-state index in [1.807, 2.05) is 6.07 Å². The van der Waals surface area contributed by atoms with Gasteiger partial charge >= 0.3 is 11.9 Å². The van der Waals surface area contributed by atoms with E-state index in [1.165, 1.54) is 0 Å². The Balaban J connectivity index is 2.26. The molecule has 0 aromatic heterocycles. The zero-order chi connectivity index (χ0) is 20.2. The summed E-state index contributed by atoms with van der Waals surface area (Å²) in [5.74, 6) is -3.71. The summed E-state index contributed by atoms with van der Waals surface area (Å²) in [5.41, 5.74) is 8.02. The van der Waals surface area contributed by atoms with Crippen molar-refractivity contribution in [3.63, 3.8) is 0 Å². The van der Waals surface area contributed by atoms with E-state index < -0.39 is 29.5 Å². The van der Waals surface area contributed by atoms with Gasteiger partial charge in [0.2, 0.25) is 0 Å². The van der Waals surface area contributed by atoms with Crippen LogP contribution in [0.4, 0.5) is 0 Å². The van der Waals surface area contributed by atoms with E-state index in [4.69, 9.17) is 10.5 Å². The van der Waals surface area contributed by atoms with Crippen molar-refractivity contribution < 1.29 is 24.2 Å². The number of hydrogen-bond acceptors (Lipinski definition) is 5. The van der Waals surface area contributed by atoms with Gasteiger partial charge in [-0.2, -0.15) is 0 Å². The number of carboxylic acid groups (broad SMARTS) is 1. The molecule has 27 heavy (non-hydrogen) atoms. The molecule has 6 nitrogen and oxygen atoms in total. The summed E-state index contributed by atoms with van der Waals surface area (Å²) in [6.07, 6.45) is 0.770. The quantitative estimate of drug-likeness (QED) is 0.460. The molecule has 2 atom stereocenters. The molecular weight excluding hydrogens is 346 g/mol. The zero-order valence-electron chi connectivity index (χ0n) is 15.5. The van der Waals surface area contributed by atoms with Crippen molar-refractivity contribution in [2.24, 2.45) is 11.7 Å². The van der Waals surface area contributed by atoms with Crippen LogP contribution in [0, 0.1) is 5.92 Å². The zero-order valence-corrected chi connectivity index (χ0v) is 15.5. The molecule has 0 amide bonds. The summed E-state index contributed by atoms with van der Waals surface area (Å²) in [7, 11) is 0. The van der Waals surface area contributed by atoms with Gasteiger partial charge in [-0.3, -0.25) is 14.4 Å². The predicted octanol–water partition coefficient (Wildman–Crippen LogP) is 3.21. The summed E-state index contributed by atoms with van der Waals surface area (Å²) in [6, 6.07) is 12.9. The van der Waals surface area contributed by atoms with Crippen molar-refractivity contribution in [1.82, 2.24) is 0 Å². The van der Waals surface area contributed by atoms with Crippen LogP contribution in [0.5, 0.6) is 0 Å². The number of ether oxygens (including phenoxy) is 1. The molecule has 0 heterocycles. The molecule has 6 heteroatoms. The average Bonchev–Trinajstić information content (AvgIpc) is 2.60. The van der Waals surface area contributed by atoms with E-state index >= 15 is 0 Å². The summed E-state index contributed by atoms with van der Waals surface area (Å²) < 4.78 is 5.19. The number of esters is 1. The van der Waals surface area contributed by atoms with Crippen LogP contribution in [0.2, 0.25) is 0 Å². The molecule has 0 aliphatic rings. The van der Waals surface area contributed by atoms with Gasteiger partial charge in [0.1, 0.15) is 11.9 Å². The van der Waals surface area contributed by atoms with Crippen LogP contribution in [-0.2, 0) is 14.3 Å². The number of carboxylic acids is 1. The molecule has 2 unspecified atom stereocenters. The van der Waals surface area contributed by atoms with Crippen molar-refractivity contribution in [3.05, 3.63) is 59.7 Å². The number of hydrogen-bond donors (Lipinski definition) is 2. The van der Waals surface area contributed by atoms with Crippen LogP contribution in [0.3, 0.4) is 0 Å². The maximum Gasteiger partial charge on any atom is 0.322 e. The highest BCUT2D eigenvalue weighted by atomic mass is 16.6. The largest absolute Gasteiger partial charge is 0.481 e. The second-order valence-electron chi connectivity index (χ2n) is 7.24. The van der Waals surface area contributed by atoms with E-state index in [2.05, 4.69) is 0 Å². The molecule has 0 spiro atoms. The third-order valence-electron chi connectivity index (χ3n) is 3.94. The Morgan fingerprint density at radius 3 is 2.22 bits per heavy atom. The van der Waals surface area contributed by atoms with Gasteiger partial charge < -0.3 is 15.6 Å². The molecule has 0 aliphatic carbocycles. The fourth-order valence-corrected chi connectivity index (χ4v) is 2.65. The van der Waals surface area contributed by atoms with Gasteiger partial charge in [-0.05, 0) is 43.5 Å². The van der Waals surface area contributed by atoms with Gasteiger partial charge in [0.15, 0.2) is 5.92 Å². The Kier molecular flexibility index (Phi) is 6.13. The number of nitrogens with two attached hydrogens (primary N) is 1. The summed E-state index contributed by atoms with van der Waals surface area (Å²) in [6.45, 7) is 4.99. The smallest absolute Gasteiger partial charge is 0.322 e. The lowest BCUT2D eigenvalue weighted by atomic mass is 9.92. The van der Waals surface area contributed by atoms with Gasteiger partial charge in [-0.25, -0.2) is 0 Å². The summed E-state index contributed by atoms with van der Waals surface area (Å²) in [5, 5.41) is 9.45. The minimum absolute atomic E-state index is 0.503. The SMILES string of the molecule is CC(C)(C)OC(=O)C(C(=O)O)C(N)c1ccc(-c2cccc(C=O)c2)cc1. The van der Waals surface area contributed by atoms with Gasteiger partial charge in [0.05, 0.1) is 6.04 Å². The molecule has 0 saturated carbocycles. The lowest BCUT2D eigenvalue weighted by Crippen LogP contribution is -2.39. The first-order chi connectivity index (χ1) is 12.6. The summed E-state index contributed by atoms with van der Waals surface area (Å²) in [4.78, 5) is 34.8. The summed E-state index contributed by atoms with van der Waals surface area (Å²) >= 11 is 0. The number of carbonyl (C=O) groups excluding carboxylic acids is 2. The van der Waals surface area contributed by atoms with Crippen molar-refractivity contribution >= 4 is 18.2 Å². The molecule has 2 rings (SSSR count). The highest BCUT2D eigenvalue weighted by molar-refractivity contribution is 5.95. The van der Waals surface area contributed by atoms with Crippen LogP contribution in [0.15, 0.2) is 48.5 Å². The van der Waals surface area contributed by atoms with Gasteiger partial charge in [-0.15, -0.1) is 0 Å². The highest BCUT2D eigenvalue weighted by Gasteiger charge is 2.37. The Morgan fingerprint density at radius 2 is 1.70 bits per heavy atom. The minimum atomic E-state index is -1.51. The molecule has 2 aromatic rings. The van der Waals surface area contributed by atoms with Crippen LogP contribution in [0.1, 0.15) is 42.7 Å². The topological polar surface area (TPSA) is 107 Å². The van der Waals surface area contributed by atoms with Crippen molar-refractivity contribution in [2.75, 3.05) is 0 Å². The van der Waals surface area contributed by atoms with Gasteiger partial charge in [0.25, 0.3) is 0 Å². The van der Waals surface area contributed by atoms with Crippen molar-refractivity contribution in [2.45, 2.75) is 32.4 Å². The van der Waals surface area contributed by atoms with E-state index in [-0.39, 0.29) is 0 Å². The predicted molar refractivity (Wildman–Crippen MR) is 101 cm³/mol. The van der Waals surface area contributed by atoms with Crippen molar-refractivity contribution in [1.29, 1.82) is 0 Å². The molecule has 0 fully saturated rings. The number of aliphatic carboxylic acids is 1. The van der Waals surface area contributed by atoms with Gasteiger partial charge in [0, 0.05) is 5.56 Å². The second kappa shape index (κ2) is 8.14. The van der Waals surface area contributed by atoms with E-state index in [0.717, 1.165) is 17.4 Å². The maximum atomic E-state index is 12.3. The fourth-order valence-electron chi connectivity index (χ4n) is 2.65. The molecule has 0 saturated heterocycles. The second-order valence-corrected chi connectivity index (χ2v) is 7.24. The number of rotatable bonds is 6. The molecule has 0 bridgehead atoms. The number of aldehydes is 1. The highest BCUT2D eigenvalue weighted by Crippen LogP contribution is 2.27.